The van der Waals surface area contributed by atoms with E-state index in [1.54, 1.807) is 6.07 Å². The Kier molecular flexibility index (Phi) is 5.65. The highest BCUT2D eigenvalue weighted by Gasteiger charge is 2.33. The number of rotatable bonds is 7. The predicted molar refractivity (Wildman–Crippen MR) is 90.9 cm³/mol. The fourth-order valence-corrected chi connectivity index (χ4v) is 2.65. The first kappa shape index (κ1) is 18.5. The van der Waals surface area contributed by atoms with Gasteiger partial charge in [-0.15, -0.1) is 0 Å². The lowest BCUT2D eigenvalue weighted by atomic mass is 9.89. The van der Waals surface area contributed by atoms with E-state index in [0.29, 0.717) is 49.3 Å². The molecule has 0 bridgehead atoms. The number of alkyl halides is 2. The molecule has 0 amide bonds. The molecule has 2 aliphatic rings. The first-order valence-electron chi connectivity index (χ1n) is 8.46. The molecule has 26 heavy (non-hydrogen) atoms. The number of aliphatic imine (C=N–C) groups is 1. The Bertz CT molecular complexity index is 666. The zero-order valence-corrected chi connectivity index (χ0v) is 14.8. The number of guanidine groups is 1. The van der Waals surface area contributed by atoms with Crippen LogP contribution in [0.4, 0.5) is 8.78 Å². The predicted octanol–water partition coefficient (Wildman–Crippen LogP) is 2.11. The summed E-state index contributed by atoms with van der Waals surface area (Å²) >= 11 is 0. The molecule has 2 aliphatic heterocycles. The van der Waals surface area contributed by atoms with Crippen LogP contribution < -0.4 is 24.8 Å². The zero-order chi connectivity index (χ0) is 18.6. The maximum absolute atomic E-state index is 12.7. The van der Waals surface area contributed by atoms with Crippen LogP contribution in [0.15, 0.2) is 17.1 Å². The molecule has 2 heterocycles. The summed E-state index contributed by atoms with van der Waals surface area (Å²) in [5.41, 5.74) is 0.573. The molecule has 2 N–H and O–H groups in total. The SMILES string of the molecule is CCNC(=NCc1cc2c(cc1OC(F)F)OCO2)NCC1(C)COC1. The lowest BCUT2D eigenvalue weighted by Gasteiger charge is -2.38. The van der Waals surface area contributed by atoms with Crippen molar-refractivity contribution in [3.63, 3.8) is 0 Å². The minimum atomic E-state index is -2.93. The normalized spacial score (nSPS) is 17.8. The number of nitrogens with zero attached hydrogens (tertiary/aromatic N) is 1. The van der Waals surface area contributed by atoms with Crippen molar-refractivity contribution in [1.29, 1.82) is 0 Å². The molecule has 9 heteroatoms. The van der Waals surface area contributed by atoms with Gasteiger partial charge < -0.3 is 29.6 Å². The standard InChI is InChI=1S/C17H23F2N3O4/c1-3-20-16(22-7-17(2)8-23-9-17)21-6-11-4-13-14(25-10-24-13)5-12(11)26-15(18)19/h4-5,15H,3,6-10H2,1-2H3,(H2,20,21,22). The Morgan fingerprint density at radius 2 is 2.00 bits per heavy atom. The van der Waals surface area contributed by atoms with Gasteiger partial charge in [0, 0.05) is 30.1 Å². The lowest BCUT2D eigenvalue weighted by Crippen LogP contribution is -2.51. The fourth-order valence-electron chi connectivity index (χ4n) is 2.65. The van der Waals surface area contributed by atoms with Crippen LogP contribution in [0.3, 0.4) is 0 Å². The molecule has 0 aromatic heterocycles. The van der Waals surface area contributed by atoms with Gasteiger partial charge in [-0.25, -0.2) is 4.99 Å². The molecule has 1 saturated heterocycles. The second-order valence-corrected chi connectivity index (χ2v) is 6.54. The topological polar surface area (TPSA) is 73.3 Å². The maximum atomic E-state index is 12.7. The average molecular weight is 371 g/mol. The molecule has 0 radical (unpaired) electrons. The average Bonchev–Trinajstić information content (AvgIpc) is 3.02. The van der Waals surface area contributed by atoms with Crippen molar-refractivity contribution in [1.82, 2.24) is 10.6 Å². The first-order valence-corrected chi connectivity index (χ1v) is 8.46. The van der Waals surface area contributed by atoms with Crippen molar-refractivity contribution in [3.05, 3.63) is 17.7 Å². The van der Waals surface area contributed by atoms with Crippen LogP contribution in [0, 0.1) is 5.41 Å². The number of benzene rings is 1. The molecular weight excluding hydrogens is 348 g/mol. The van der Waals surface area contributed by atoms with Gasteiger partial charge in [-0.2, -0.15) is 8.78 Å². The van der Waals surface area contributed by atoms with Crippen molar-refractivity contribution in [3.8, 4) is 17.2 Å². The van der Waals surface area contributed by atoms with Crippen LogP contribution in [0.25, 0.3) is 0 Å². The van der Waals surface area contributed by atoms with E-state index in [1.807, 2.05) is 6.92 Å². The van der Waals surface area contributed by atoms with Crippen LogP contribution in [0.5, 0.6) is 17.2 Å². The van der Waals surface area contributed by atoms with E-state index in [1.165, 1.54) is 6.07 Å². The van der Waals surface area contributed by atoms with E-state index in [4.69, 9.17) is 14.2 Å². The van der Waals surface area contributed by atoms with Crippen LogP contribution >= 0.6 is 0 Å². The van der Waals surface area contributed by atoms with Gasteiger partial charge in [0.25, 0.3) is 0 Å². The highest BCUT2D eigenvalue weighted by atomic mass is 19.3. The van der Waals surface area contributed by atoms with Crippen LogP contribution in [0.2, 0.25) is 0 Å². The highest BCUT2D eigenvalue weighted by Crippen LogP contribution is 2.39. The molecule has 1 aromatic carbocycles. The third-order valence-corrected chi connectivity index (χ3v) is 4.11. The number of halogens is 2. The molecule has 1 aromatic rings. The van der Waals surface area contributed by atoms with Gasteiger partial charge in [0.15, 0.2) is 17.5 Å². The first-order chi connectivity index (χ1) is 12.5. The fraction of sp³-hybridized carbons (Fsp3) is 0.588. The van der Waals surface area contributed by atoms with Gasteiger partial charge in [-0.1, -0.05) is 6.92 Å². The van der Waals surface area contributed by atoms with E-state index in [9.17, 15) is 8.78 Å². The summed E-state index contributed by atoms with van der Waals surface area (Å²) in [4.78, 5) is 4.47. The second-order valence-electron chi connectivity index (χ2n) is 6.54. The lowest BCUT2D eigenvalue weighted by molar-refractivity contribution is -0.0971. The molecule has 0 spiro atoms. The number of fused-ring (bicyclic) bond motifs is 1. The Balaban J connectivity index is 1.73. The highest BCUT2D eigenvalue weighted by molar-refractivity contribution is 5.79. The molecule has 144 valence electrons. The zero-order valence-electron chi connectivity index (χ0n) is 14.8. The smallest absolute Gasteiger partial charge is 0.387 e. The van der Waals surface area contributed by atoms with Gasteiger partial charge in [0.1, 0.15) is 5.75 Å². The Labute approximate surface area is 150 Å². The molecule has 0 saturated carbocycles. The van der Waals surface area contributed by atoms with E-state index in [2.05, 4.69) is 27.3 Å². The van der Waals surface area contributed by atoms with Gasteiger partial charge in [-0.05, 0) is 13.0 Å². The number of hydrogen-bond donors (Lipinski definition) is 2. The van der Waals surface area contributed by atoms with Crippen LogP contribution in [0.1, 0.15) is 19.4 Å². The molecule has 1 fully saturated rings. The maximum Gasteiger partial charge on any atom is 0.387 e. The largest absolute Gasteiger partial charge is 0.454 e. The van der Waals surface area contributed by atoms with Crippen molar-refractivity contribution in [2.75, 3.05) is 33.1 Å². The van der Waals surface area contributed by atoms with E-state index < -0.39 is 6.61 Å². The minimum absolute atomic E-state index is 0.0307. The van der Waals surface area contributed by atoms with Gasteiger partial charge in [-0.3, -0.25) is 0 Å². The summed E-state index contributed by atoms with van der Waals surface area (Å²) < 4.78 is 45.8. The summed E-state index contributed by atoms with van der Waals surface area (Å²) in [6.07, 6.45) is 0. The molecule has 7 nitrogen and oxygen atoms in total. The number of nitrogens with one attached hydrogen (secondary N) is 2. The monoisotopic (exact) mass is 371 g/mol. The summed E-state index contributed by atoms with van der Waals surface area (Å²) in [6.45, 7) is 4.16. The van der Waals surface area contributed by atoms with Crippen molar-refractivity contribution in [2.24, 2.45) is 10.4 Å². The van der Waals surface area contributed by atoms with Crippen LogP contribution in [-0.2, 0) is 11.3 Å². The van der Waals surface area contributed by atoms with E-state index in [-0.39, 0.29) is 24.5 Å². The molecule has 0 unspecified atom stereocenters. The number of hydrogen-bond acceptors (Lipinski definition) is 5. The third-order valence-electron chi connectivity index (χ3n) is 4.11. The Morgan fingerprint density at radius 3 is 2.62 bits per heavy atom. The van der Waals surface area contributed by atoms with E-state index in [0.717, 1.165) is 0 Å². The van der Waals surface area contributed by atoms with Gasteiger partial charge in [0.05, 0.1) is 19.8 Å². The quantitative estimate of drug-likeness (QED) is 0.565. The summed E-state index contributed by atoms with van der Waals surface area (Å²) in [6, 6.07) is 3.03. The van der Waals surface area contributed by atoms with Gasteiger partial charge >= 0.3 is 6.61 Å². The Hall–Kier alpha value is -2.29. The third kappa shape index (κ3) is 4.46. The van der Waals surface area contributed by atoms with E-state index >= 15 is 0 Å². The minimum Gasteiger partial charge on any atom is -0.454 e. The van der Waals surface area contributed by atoms with Crippen molar-refractivity contribution >= 4 is 5.96 Å². The summed E-state index contributed by atoms with van der Waals surface area (Å²) in [7, 11) is 0. The summed E-state index contributed by atoms with van der Waals surface area (Å²) in [5.74, 6) is 1.51. The summed E-state index contributed by atoms with van der Waals surface area (Å²) in [5, 5.41) is 6.40. The Morgan fingerprint density at radius 1 is 1.27 bits per heavy atom. The van der Waals surface area contributed by atoms with Crippen molar-refractivity contribution in [2.45, 2.75) is 27.0 Å². The second kappa shape index (κ2) is 7.94. The van der Waals surface area contributed by atoms with Crippen molar-refractivity contribution < 1.29 is 27.7 Å². The molecular formula is C17H23F2N3O4. The molecule has 3 rings (SSSR count). The van der Waals surface area contributed by atoms with Gasteiger partial charge in [0.2, 0.25) is 6.79 Å². The number of ether oxygens (including phenoxy) is 4. The molecule has 0 atom stereocenters. The van der Waals surface area contributed by atoms with Crippen LogP contribution in [-0.4, -0.2) is 45.7 Å². The molecule has 0 aliphatic carbocycles.